The fourth-order valence-corrected chi connectivity index (χ4v) is 5.42. The van der Waals surface area contributed by atoms with Crippen molar-refractivity contribution in [3.63, 3.8) is 0 Å². The van der Waals surface area contributed by atoms with Crippen LogP contribution in [-0.4, -0.2) is 40.8 Å². The van der Waals surface area contributed by atoms with Crippen molar-refractivity contribution in [1.82, 2.24) is 4.98 Å². The number of aromatic nitrogens is 1. The van der Waals surface area contributed by atoms with E-state index in [-0.39, 0.29) is 22.2 Å². The molecule has 210 valence electrons. The van der Waals surface area contributed by atoms with E-state index in [1.165, 1.54) is 11.8 Å². The van der Waals surface area contributed by atoms with Crippen molar-refractivity contribution in [2.24, 2.45) is 5.92 Å². The zero-order valence-corrected chi connectivity index (χ0v) is 24.2. The minimum atomic E-state index is -0.977. The van der Waals surface area contributed by atoms with Crippen LogP contribution in [-0.2, 0) is 9.59 Å². The molecule has 0 saturated carbocycles. The quantitative estimate of drug-likeness (QED) is 0.123. The Morgan fingerprint density at radius 3 is 2.40 bits per heavy atom. The number of thiazole rings is 1. The van der Waals surface area contributed by atoms with Crippen LogP contribution >= 0.6 is 11.3 Å². The molecule has 2 aromatic carbocycles. The first-order chi connectivity index (χ1) is 19.1. The van der Waals surface area contributed by atoms with Crippen LogP contribution in [0.4, 0.5) is 5.13 Å². The molecule has 1 fully saturated rings. The number of aryl methyl sites for hydroxylation is 1. The summed E-state index contributed by atoms with van der Waals surface area (Å²) in [6, 6.07) is 12.9. The first kappa shape index (κ1) is 29.0. The Labute approximate surface area is 238 Å². The van der Waals surface area contributed by atoms with Gasteiger partial charge in [-0.15, -0.1) is 0 Å². The molecule has 1 aromatic heterocycles. The maximum absolute atomic E-state index is 13.5. The first-order valence-electron chi connectivity index (χ1n) is 13.4. The van der Waals surface area contributed by atoms with Gasteiger partial charge in [-0.3, -0.25) is 19.3 Å². The van der Waals surface area contributed by atoms with Crippen LogP contribution in [0.5, 0.6) is 11.5 Å². The lowest BCUT2D eigenvalue weighted by Crippen LogP contribution is -2.29. The summed E-state index contributed by atoms with van der Waals surface area (Å²) in [7, 11) is 0. The number of carbonyl (C=O) groups is 3. The molecule has 1 amide bonds. The monoisotopic (exact) mass is 562 g/mol. The summed E-state index contributed by atoms with van der Waals surface area (Å²) >= 11 is 1.05. The van der Waals surface area contributed by atoms with Crippen molar-refractivity contribution in [2.75, 3.05) is 18.1 Å². The Bertz CT molecular complexity index is 1440. The second-order valence-corrected chi connectivity index (χ2v) is 11.1. The molecule has 1 unspecified atom stereocenters. The predicted molar refractivity (Wildman–Crippen MR) is 155 cm³/mol. The number of benzene rings is 2. The van der Waals surface area contributed by atoms with Crippen LogP contribution in [0.15, 0.2) is 54.1 Å². The number of nitrogens with zero attached hydrogens (tertiary/aromatic N) is 2. The van der Waals surface area contributed by atoms with Crippen LogP contribution in [0.2, 0.25) is 0 Å². The van der Waals surface area contributed by atoms with Crippen LogP contribution in [0.3, 0.4) is 0 Å². The smallest absolute Gasteiger partial charge is 0.301 e. The SMILES string of the molecule is CCCOc1ccc(/C(O)=C2\C(=O)C(=O)N(c3nc(C)c(C(C)=O)s3)C2c2cccc(OCCC(C)C)c2)cc1. The van der Waals surface area contributed by atoms with Gasteiger partial charge < -0.3 is 14.6 Å². The van der Waals surface area contributed by atoms with Crippen LogP contribution in [0.1, 0.15) is 73.1 Å². The Balaban J connectivity index is 1.83. The lowest BCUT2D eigenvalue weighted by atomic mass is 9.95. The highest BCUT2D eigenvalue weighted by atomic mass is 32.1. The molecule has 2 heterocycles. The van der Waals surface area contributed by atoms with Gasteiger partial charge in [0, 0.05) is 12.5 Å². The van der Waals surface area contributed by atoms with Crippen molar-refractivity contribution in [3.8, 4) is 11.5 Å². The van der Waals surface area contributed by atoms with Crippen LogP contribution in [0.25, 0.3) is 5.76 Å². The van der Waals surface area contributed by atoms with E-state index in [0.29, 0.717) is 52.3 Å². The summed E-state index contributed by atoms with van der Waals surface area (Å²) in [5, 5.41) is 11.6. The van der Waals surface area contributed by atoms with E-state index in [2.05, 4.69) is 18.8 Å². The average molecular weight is 563 g/mol. The average Bonchev–Trinajstić information content (AvgIpc) is 3.44. The number of rotatable bonds is 11. The topological polar surface area (TPSA) is 106 Å². The van der Waals surface area contributed by atoms with Gasteiger partial charge in [-0.2, -0.15) is 0 Å². The fraction of sp³-hybridized carbons (Fsp3) is 0.355. The number of amides is 1. The molecule has 0 spiro atoms. The molecule has 1 saturated heterocycles. The third-order valence-electron chi connectivity index (χ3n) is 6.49. The van der Waals surface area contributed by atoms with Gasteiger partial charge in [-0.25, -0.2) is 4.98 Å². The molecular formula is C31H34N2O6S. The third-order valence-corrected chi connectivity index (χ3v) is 7.75. The lowest BCUT2D eigenvalue weighted by molar-refractivity contribution is -0.132. The molecule has 8 nitrogen and oxygen atoms in total. The Morgan fingerprint density at radius 1 is 1.07 bits per heavy atom. The first-order valence-corrected chi connectivity index (χ1v) is 14.2. The normalized spacial score (nSPS) is 16.6. The van der Waals surface area contributed by atoms with Crippen LogP contribution < -0.4 is 14.4 Å². The van der Waals surface area contributed by atoms with Gasteiger partial charge in [0.25, 0.3) is 5.78 Å². The number of hydrogen-bond acceptors (Lipinski definition) is 8. The van der Waals surface area contributed by atoms with E-state index in [9.17, 15) is 19.5 Å². The van der Waals surface area contributed by atoms with Crippen molar-refractivity contribution in [2.45, 2.75) is 53.5 Å². The third kappa shape index (κ3) is 6.09. The summed E-state index contributed by atoms with van der Waals surface area (Å²) < 4.78 is 11.6. The van der Waals surface area contributed by atoms with Crippen LogP contribution in [0, 0.1) is 12.8 Å². The predicted octanol–water partition coefficient (Wildman–Crippen LogP) is 6.49. The minimum absolute atomic E-state index is 0.0659. The van der Waals surface area contributed by atoms with Crippen molar-refractivity contribution >= 4 is 39.7 Å². The Morgan fingerprint density at radius 2 is 1.77 bits per heavy atom. The Hall–Kier alpha value is -3.98. The molecule has 1 aliphatic heterocycles. The zero-order valence-electron chi connectivity index (χ0n) is 23.4. The largest absolute Gasteiger partial charge is 0.507 e. The Kier molecular flexibility index (Phi) is 9.04. The highest BCUT2D eigenvalue weighted by Crippen LogP contribution is 2.44. The molecule has 0 aliphatic carbocycles. The number of Topliss-reactive ketones (excluding diaryl/α,β-unsaturated/α-hetero) is 2. The number of hydrogen-bond donors (Lipinski definition) is 1. The highest BCUT2D eigenvalue weighted by molar-refractivity contribution is 7.18. The zero-order chi connectivity index (χ0) is 29.0. The van der Waals surface area contributed by atoms with E-state index < -0.39 is 17.7 Å². The van der Waals surface area contributed by atoms with Gasteiger partial charge in [0.05, 0.1) is 35.4 Å². The van der Waals surface area contributed by atoms with E-state index >= 15 is 0 Å². The van der Waals surface area contributed by atoms with E-state index in [1.807, 2.05) is 13.0 Å². The van der Waals surface area contributed by atoms with Gasteiger partial charge in [0.1, 0.15) is 17.3 Å². The van der Waals surface area contributed by atoms with Gasteiger partial charge in [0.15, 0.2) is 10.9 Å². The van der Waals surface area contributed by atoms with Gasteiger partial charge in [-0.05, 0) is 67.6 Å². The molecule has 40 heavy (non-hydrogen) atoms. The highest BCUT2D eigenvalue weighted by Gasteiger charge is 2.48. The number of ketones is 2. The van der Waals surface area contributed by atoms with Gasteiger partial charge >= 0.3 is 5.91 Å². The summed E-state index contributed by atoms with van der Waals surface area (Å²) in [4.78, 5) is 45.3. The molecule has 1 aliphatic rings. The van der Waals surface area contributed by atoms with Crippen molar-refractivity contribution in [3.05, 3.63) is 75.8 Å². The fourth-order valence-electron chi connectivity index (χ4n) is 4.43. The maximum atomic E-state index is 13.5. The maximum Gasteiger partial charge on any atom is 0.301 e. The van der Waals surface area contributed by atoms with Gasteiger partial charge in [-0.1, -0.05) is 44.2 Å². The molecule has 4 rings (SSSR count). The van der Waals surface area contributed by atoms with E-state index in [0.717, 1.165) is 24.2 Å². The molecule has 0 radical (unpaired) electrons. The standard InChI is InChI=1S/C31H34N2O6S/c1-6-15-38-23-12-10-21(11-13-23)27(35)25-26(22-8-7-9-24(17-22)39-16-14-18(2)3)33(30(37)28(25)36)31-32-19(4)29(40-31)20(5)34/h7-13,17-18,26,35H,6,14-16H2,1-5H3/b27-25+. The second-order valence-electron chi connectivity index (χ2n) is 10.1. The summed E-state index contributed by atoms with van der Waals surface area (Å²) in [5.74, 6) is -0.462. The number of carbonyl (C=O) groups excluding carboxylic acids is 3. The summed E-state index contributed by atoms with van der Waals surface area (Å²) in [5.41, 5.74) is 1.35. The molecule has 9 heteroatoms. The summed E-state index contributed by atoms with van der Waals surface area (Å²) in [6.07, 6.45) is 1.72. The molecule has 1 N–H and O–H groups in total. The lowest BCUT2D eigenvalue weighted by Gasteiger charge is -2.23. The molecule has 3 aromatic rings. The molecule has 0 bridgehead atoms. The number of ether oxygens (including phenoxy) is 2. The van der Waals surface area contributed by atoms with Gasteiger partial charge in [0.2, 0.25) is 0 Å². The molecule has 1 atom stereocenters. The van der Waals surface area contributed by atoms with E-state index in [1.54, 1.807) is 49.4 Å². The number of aliphatic hydroxyl groups excluding tert-OH is 1. The number of anilines is 1. The van der Waals surface area contributed by atoms with Crippen molar-refractivity contribution < 1.29 is 29.0 Å². The second kappa shape index (κ2) is 12.5. The summed E-state index contributed by atoms with van der Waals surface area (Å²) in [6.45, 7) is 10.4. The minimum Gasteiger partial charge on any atom is -0.507 e. The van der Waals surface area contributed by atoms with E-state index in [4.69, 9.17) is 9.47 Å². The van der Waals surface area contributed by atoms with Crippen molar-refractivity contribution in [1.29, 1.82) is 0 Å². The number of aliphatic hydroxyl groups is 1. The molecular weight excluding hydrogens is 528 g/mol.